The number of imidazole rings is 1. The summed E-state index contributed by atoms with van der Waals surface area (Å²) in [5.74, 6) is 2.05. The van der Waals surface area contributed by atoms with Gasteiger partial charge in [-0.1, -0.05) is 6.92 Å². The molecule has 0 aliphatic heterocycles. The number of aryl methyl sites for hydroxylation is 1. The van der Waals surface area contributed by atoms with Gasteiger partial charge in [-0.15, -0.1) is 0 Å². The predicted octanol–water partition coefficient (Wildman–Crippen LogP) is 1.81. The second-order valence-corrected chi connectivity index (χ2v) is 4.43. The molecule has 0 amide bonds. The van der Waals surface area contributed by atoms with Crippen LogP contribution in [0.5, 0.6) is 0 Å². The third-order valence-electron chi connectivity index (χ3n) is 3.42. The maximum absolute atomic E-state index is 10.1. The van der Waals surface area contributed by atoms with E-state index in [4.69, 9.17) is 0 Å². The van der Waals surface area contributed by atoms with Gasteiger partial charge in [0.05, 0.1) is 18.0 Å². The molecule has 0 aromatic carbocycles. The van der Waals surface area contributed by atoms with Gasteiger partial charge in [0.1, 0.15) is 5.82 Å². The monoisotopic (exact) mass is 194 g/mol. The molecule has 1 fully saturated rings. The van der Waals surface area contributed by atoms with Crippen molar-refractivity contribution in [3.05, 3.63) is 17.7 Å². The zero-order valence-corrected chi connectivity index (χ0v) is 9.07. The van der Waals surface area contributed by atoms with E-state index in [2.05, 4.69) is 11.9 Å². The van der Waals surface area contributed by atoms with Gasteiger partial charge >= 0.3 is 0 Å². The van der Waals surface area contributed by atoms with E-state index in [1.165, 1.54) is 12.8 Å². The average molecular weight is 194 g/mol. The maximum atomic E-state index is 10.1. The van der Waals surface area contributed by atoms with Crippen molar-refractivity contribution in [3.63, 3.8) is 0 Å². The lowest BCUT2D eigenvalue weighted by Crippen LogP contribution is -2.14. The van der Waals surface area contributed by atoms with Crippen LogP contribution >= 0.6 is 0 Å². The van der Waals surface area contributed by atoms with E-state index in [0.717, 1.165) is 17.4 Å². The number of rotatable bonds is 3. The second-order valence-electron chi connectivity index (χ2n) is 4.43. The van der Waals surface area contributed by atoms with E-state index in [-0.39, 0.29) is 6.10 Å². The van der Waals surface area contributed by atoms with Gasteiger partial charge in [0.15, 0.2) is 0 Å². The third-order valence-corrected chi connectivity index (χ3v) is 3.42. The van der Waals surface area contributed by atoms with Crippen molar-refractivity contribution in [3.8, 4) is 0 Å². The molecule has 1 N–H and O–H groups in total. The Morgan fingerprint density at radius 3 is 2.64 bits per heavy atom. The zero-order valence-electron chi connectivity index (χ0n) is 9.07. The van der Waals surface area contributed by atoms with Crippen LogP contribution in [0.4, 0.5) is 0 Å². The van der Waals surface area contributed by atoms with Crippen LogP contribution in [0, 0.1) is 18.8 Å². The van der Waals surface area contributed by atoms with Crippen LogP contribution in [0.25, 0.3) is 0 Å². The van der Waals surface area contributed by atoms with Gasteiger partial charge in [0, 0.05) is 7.05 Å². The lowest BCUT2D eigenvalue weighted by molar-refractivity contribution is 0.0986. The highest BCUT2D eigenvalue weighted by Crippen LogP contribution is 2.42. The number of aliphatic hydroxyl groups is 1. The molecule has 1 saturated carbocycles. The number of aromatic nitrogens is 2. The SMILES string of the molecule is Cc1ncc(C(O)C(C)C2CC2)n1C. The fraction of sp³-hybridized carbons (Fsp3) is 0.727. The molecule has 1 aliphatic rings. The Morgan fingerprint density at radius 2 is 2.21 bits per heavy atom. The molecule has 1 aliphatic carbocycles. The molecule has 0 radical (unpaired) electrons. The van der Waals surface area contributed by atoms with Crippen LogP contribution in [0.3, 0.4) is 0 Å². The summed E-state index contributed by atoms with van der Waals surface area (Å²) in [7, 11) is 1.96. The van der Waals surface area contributed by atoms with Crippen LogP contribution in [0.15, 0.2) is 6.20 Å². The number of aliphatic hydroxyl groups excluding tert-OH is 1. The van der Waals surface area contributed by atoms with Crippen LogP contribution in [0.1, 0.15) is 37.4 Å². The Balaban J connectivity index is 2.17. The lowest BCUT2D eigenvalue weighted by Gasteiger charge is -2.18. The first-order valence-corrected chi connectivity index (χ1v) is 5.27. The Labute approximate surface area is 84.8 Å². The molecule has 2 unspecified atom stereocenters. The van der Waals surface area contributed by atoms with Crippen molar-refractivity contribution in [1.29, 1.82) is 0 Å². The summed E-state index contributed by atoms with van der Waals surface area (Å²) in [6.45, 7) is 4.09. The predicted molar refractivity (Wildman–Crippen MR) is 54.8 cm³/mol. The molecule has 2 atom stereocenters. The minimum Gasteiger partial charge on any atom is -0.387 e. The normalized spacial score (nSPS) is 20.9. The van der Waals surface area contributed by atoms with Crippen molar-refractivity contribution in [1.82, 2.24) is 9.55 Å². The fourth-order valence-corrected chi connectivity index (χ4v) is 1.94. The Kier molecular flexibility index (Phi) is 2.35. The van der Waals surface area contributed by atoms with Gasteiger partial charge in [-0.2, -0.15) is 0 Å². The first kappa shape index (κ1) is 9.71. The minimum atomic E-state index is -0.353. The molecule has 0 saturated heterocycles. The standard InChI is InChI=1S/C11H18N2O/c1-7(9-4-5-9)11(14)10-6-12-8(2)13(10)3/h6-7,9,11,14H,4-5H2,1-3H3. The van der Waals surface area contributed by atoms with Gasteiger partial charge in [-0.05, 0) is 31.6 Å². The second kappa shape index (κ2) is 3.39. The van der Waals surface area contributed by atoms with Crippen molar-refractivity contribution >= 4 is 0 Å². The topological polar surface area (TPSA) is 38.1 Å². The molecule has 3 heteroatoms. The molecule has 1 aromatic heterocycles. The zero-order chi connectivity index (χ0) is 10.3. The minimum absolute atomic E-state index is 0.353. The molecule has 0 spiro atoms. The third kappa shape index (κ3) is 1.57. The van der Waals surface area contributed by atoms with Gasteiger partial charge in [-0.25, -0.2) is 4.98 Å². The molecule has 1 aromatic rings. The van der Waals surface area contributed by atoms with E-state index < -0.39 is 0 Å². The quantitative estimate of drug-likeness (QED) is 0.797. The van der Waals surface area contributed by atoms with E-state index in [1.807, 2.05) is 18.5 Å². The summed E-state index contributed by atoms with van der Waals surface area (Å²) in [6, 6.07) is 0. The van der Waals surface area contributed by atoms with E-state index in [0.29, 0.717) is 5.92 Å². The van der Waals surface area contributed by atoms with Crippen molar-refractivity contribution < 1.29 is 5.11 Å². The first-order valence-electron chi connectivity index (χ1n) is 5.27. The highest BCUT2D eigenvalue weighted by atomic mass is 16.3. The first-order chi connectivity index (χ1) is 6.61. The number of hydrogen-bond donors (Lipinski definition) is 1. The number of nitrogens with zero attached hydrogens (tertiary/aromatic N) is 2. The summed E-state index contributed by atoms with van der Waals surface area (Å²) >= 11 is 0. The van der Waals surface area contributed by atoms with E-state index in [9.17, 15) is 5.11 Å². The maximum Gasteiger partial charge on any atom is 0.105 e. The Morgan fingerprint density at radius 1 is 1.57 bits per heavy atom. The van der Waals surface area contributed by atoms with Crippen molar-refractivity contribution in [2.75, 3.05) is 0 Å². The van der Waals surface area contributed by atoms with Crippen LogP contribution in [-0.2, 0) is 7.05 Å². The highest BCUT2D eigenvalue weighted by Gasteiger charge is 2.34. The summed E-state index contributed by atoms with van der Waals surface area (Å²) in [6.07, 6.45) is 3.98. The molecule has 78 valence electrons. The molecule has 2 rings (SSSR count). The van der Waals surface area contributed by atoms with Crippen molar-refractivity contribution in [2.45, 2.75) is 32.8 Å². The summed E-state index contributed by atoms with van der Waals surface area (Å²) in [5.41, 5.74) is 0.946. The fourth-order valence-electron chi connectivity index (χ4n) is 1.94. The largest absolute Gasteiger partial charge is 0.387 e. The molecule has 1 heterocycles. The Bertz CT molecular complexity index is 328. The summed E-state index contributed by atoms with van der Waals surface area (Å²) < 4.78 is 1.98. The molecular weight excluding hydrogens is 176 g/mol. The van der Waals surface area contributed by atoms with Crippen LogP contribution < -0.4 is 0 Å². The highest BCUT2D eigenvalue weighted by molar-refractivity contribution is 5.09. The Hall–Kier alpha value is -0.830. The summed E-state index contributed by atoms with van der Waals surface area (Å²) in [4.78, 5) is 4.20. The van der Waals surface area contributed by atoms with E-state index >= 15 is 0 Å². The van der Waals surface area contributed by atoms with Gasteiger partial charge in [0.2, 0.25) is 0 Å². The molecule has 14 heavy (non-hydrogen) atoms. The van der Waals surface area contributed by atoms with Crippen LogP contribution in [-0.4, -0.2) is 14.7 Å². The number of hydrogen-bond acceptors (Lipinski definition) is 2. The van der Waals surface area contributed by atoms with Gasteiger partial charge in [0.25, 0.3) is 0 Å². The average Bonchev–Trinajstić information content (AvgIpc) is 2.95. The molecule has 3 nitrogen and oxygen atoms in total. The van der Waals surface area contributed by atoms with Gasteiger partial charge < -0.3 is 9.67 Å². The van der Waals surface area contributed by atoms with Crippen molar-refractivity contribution in [2.24, 2.45) is 18.9 Å². The summed E-state index contributed by atoms with van der Waals surface area (Å²) in [5, 5.41) is 10.1. The lowest BCUT2D eigenvalue weighted by atomic mass is 9.97. The smallest absolute Gasteiger partial charge is 0.105 e. The van der Waals surface area contributed by atoms with Gasteiger partial charge in [-0.3, -0.25) is 0 Å². The molecular formula is C11H18N2O. The molecule has 0 bridgehead atoms. The van der Waals surface area contributed by atoms with Crippen LogP contribution in [0.2, 0.25) is 0 Å². The van der Waals surface area contributed by atoms with E-state index in [1.54, 1.807) is 6.20 Å².